The molecule has 0 aromatic rings. The highest BCUT2D eigenvalue weighted by Crippen LogP contribution is 2.25. The van der Waals surface area contributed by atoms with Crippen molar-refractivity contribution in [2.45, 2.75) is 25.3 Å². The number of hydrogen-bond acceptors (Lipinski definition) is 4. The van der Waals surface area contributed by atoms with Gasteiger partial charge in [0.05, 0.1) is 12.2 Å². The molecule has 7 nitrogen and oxygen atoms in total. The van der Waals surface area contributed by atoms with Gasteiger partial charge in [0.15, 0.2) is 0 Å². The van der Waals surface area contributed by atoms with Crippen LogP contribution in [0.2, 0.25) is 0 Å². The van der Waals surface area contributed by atoms with Crippen molar-refractivity contribution in [3.05, 3.63) is 0 Å². The minimum absolute atomic E-state index is 0.183. The monoisotopic (exact) mass is 290 g/mol. The third kappa shape index (κ3) is 2.89. The van der Waals surface area contributed by atoms with Crippen LogP contribution in [-0.4, -0.2) is 66.5 Å². The predicted molar refractivity (Wildman–Crippen MR) is 66.9 cm³/mol. The minimum Gasteiger partial charge on any atom is -0.481 e. The summed E-state index contributed by atoms with van der Waals surface area (Å²) in [5.74, 6) is -1.69. The first-order valence-corrected chi connectivity index (χ1v) is 8.14. The molecular formula is C11H18N2O5S. The highest BCUT2D eigenvalue weighted by Gasteiger charge is 2.42. The van der Waals surface area contributed by atoms with Crippen molar-refractivity contribution in [1.82, 2.24) is 9.21 Å². The summed E-state index contributed by atoms with van der Waals surface area (Å²) in [5.41, 5.74) is 0. The summed E-state index contributed by atoms with van der Waals surface area (Å²) in [4.78, 5) is 24.4. The molecule has 0 aromatic carbocycles. The number of sulfonamides is 1. The molecule has 1 unspecified atom stereocenters. The number of carbonyl (C=O) groups excluding carboxylic acids is 1. The molecule has 0 aliphatic carbocycles. The second-order valence-electron chi connectivity index (χ2n) is 5.16. The minimum atomic E-state index is -3.40. The number of piperidine rings is 1. The maximum absolute atomic E-state index is 12.2. The molecule has 1 N–H and O–H groups in total. The molecule has 2 rings (SSSR count). The summed E-state index contributed by atoms with van der Waals surface area (Å²) in [6, 6.07) is -0.654. The van der Waals surface area contributed by atoms with E-state index in [0.29, 0.717) is 13.0 Å². The molecule has 108 valence electrons. The van der Waals surface area contributed by atoms with Crippen molar-refractivity contribution in [3.63, 3.8) is 0 Å². The van der Waals surface area contributed by atoms with Crippen LogP contribution in [-0.2, 0) is 19.6 Å². The highest BCUT2D eigenvalue weighted by molar-refractivity contribution is 7.88. The number of nitrogens with zero attached hydrogens (tertiary/aromatic N) is 2. The Morgan fingerprint density at radius 1 is 1.21 bits per heavy atom. The van der Waals surface area contributed by atoms with Gasteiger partial charge in [-0.1, -0.05) is 6.42 Å². The van der Waals surface area contributed by atoms with Crippen LogP contribution in [0.1, 0.15) is 19.3 Å². The van der Waals surface area contributed by atoms with E-state index in [-0.39, 0.29) is 19.0 Å². The van der Waals surface area contributed by atoms with Crippen LogP contribution in [0.5, 0.6) is 0 Å². The molecule has 0 saturated carbocycles. The smallest absolute Gasteiger partial charge is 0.310 e. The van der Waals surface area contributed by atoms with E-state index in [2.05, 4.69) is 0 Å². The van der Waals surface area contributed by atoms with E-state index in [1.807, 2.05) is 0 Å². The summed E-state index contributed by atoms with van der Waals surface area (Å²) >= 11 is 0. The average molecular weight is 290 g/mol. The molecule has 1 atom stereocenters. The zero-order valence-corrected chi connectivity index (χ0v) is 11.6. The van der Waals surface area contributed by atoms with Crippen LogP contribution in [0, 0.1) is 5.92 Å². The molecule has 2 saturated heterocycles. The highest BCUT2D eigenvalue weighted by atomic mass is 32.2. The SMILES string of the molecule is CS(=O)(=O)N1CCCCC1C(=O)N1CC(C(=O)O)C1. The maximum atomic E-state index is 12.2. The number of amides is 1. The molecule has 0 bridgehead atoms. The van der Waals surface area contributed by atoms with Crippen LogP contribution in [0.15, 0.2) is 0 Å². The Bertz CT molecular complexity index is 483. The number of likely N-dealkylation sites (tertiary alicyclic amines) is 1. The molecule has 2 fully saturated rings. The van der Waals surface area contributed by atoms with E-state index in [4.69, 9.17) is 5.11 Å². The summed E-state index contributed by atoms with van der Waals surface area (Å²) in [7, 11) is -3.40. The van der Waals surface area contributed by atoms with E-state index in [1.54, 1.807) is 0 Å². The predicted octanol–water partition coefficient (Wildman–Crippen LogP) is -0.656. The maximum Gasteiger partial charge on any atom is 0.310 e. The van der Waals surface area contributed by atoms with Crippen molar-refractivity contribution in [2.24, 2.45) is 5.92 Å². The first-order valence-electron chi connectivity index (χ1n) is 6.29. The molecule has 2 aliphatic rings. The second kappa shape index (κ2) is 5.09. The molecule has 8 heteroatoms. The number of carboxylic acids is 1. The van der Waals surface area contributed by atoms with Gasteiger partial charge in [-0.25, -0.2) is 8.42 Å². The first-order chi connectivity index (χ1) is 8.80. The lowest BCUT2D eigenvalue weighted by molar-refractivity contribution is -0.154. The first kappa shape index (κ1) is 14.3. The third-order valence-corrected chi connectivity index (χ3v) is 5.00. The lowest BCUT2D eigenvalue weighted by Crippen LogP contribution is -2.60. The topological polar surface area (TPSA) is 95.0 Å². The van der Waals surface area contributed by atoms with Gasteiger partial charge in [-0.15, -0.1) is 0 Å². The lowest BCUT2D eigenvalue weighted by Gasteiger charge is -2.42. The number of carboxylic acid groups (broad SMARTS) is 1. The number of rotatable bonds is 3. The molecule has 2 aliphatic heterocycles. The number of aliphatic carboxylic acids is 1. The Morgan fingerprint density at radius 2 is 1.84 bits per heavy atom. The fourth-order valence-corrected chi connectivity index (χ4v) is 3.69. The van der Waals surface area contributed by atoms with Crippen molar-refractivity contribution < 1.29 is 23.1 Å². The van der Waals surface area contributed by atoms with E-state index in [1.165, 1.54) is 9.21 Å². The largest absolute Gasteiger partial charge is 0.481 e. The molecule has 0 radical (unpaired) electrons. The van der Waals surface area contributed by atoms with Crippen molar-refractivity contribution >= 4 is 21.9 Å². The second-order valence-corrected chi connectivity index (χ2v) is 7.10. The van der Waals surface area contributed by atoms with Crippen LogP contribution >= 0.6 is 0 Å². The fraction of sp³-hybridized carbons (Fsp3) is 0.818. The summed E-state index contributed by atoms with van der Waals surface area (Å²) in [6.07, 6.45) is 3.20. The van der Waals surface area contributed by atoms with E-state index >= 15 is 0 Å². The van der Waals surface area contributed by atoms with Gasteiger partial charge in [0.1, 0.15) is 6.04 Å². The zero-order chi connectivity index (χ0) is 14.2. The van der Waals surface area contributed by atoms with Gasteiger partial charge < -0.3 is 10.0 Å². The molecule has 0 aromatic heterocycles. The Morgan fingerprint density at radius 3 is 2.37 bits per heavy atom. The quantitative estimate of drug-likeness (QED) is 0.745. The molecular weight excluding hydrogens is 272 g/mol. The Balaban J connectivity index is 2.03. The lowest BCUT2D eigenvalue weighted by atomic mass is 9.97. The van der Waals surface area contributed by atoms with Gasteiger partial charge >= 0.3 is 5.97 Å². The van der Waals surface area contributed by atoms with Crippen molar-refractivity contribution in [2.75, 3.05) is 25.9 Å². The Kier molecular flexibility index (Phi) is 3.82. The Labute approximate surface area is 112 Å². The summed E-state index contributed by atoms with van der Waals surface area (Å²) in [6.45, 7) is 0.732. The van der Waals surface area contributed by atoms with E-state index < -0.39 is 28.0 Å². The Hall–Kier alpha value is -1.15. The van der Waals surface area contributed by atoms with Gasteiger partial charge in [0, 0.05) is 19.6 Å². The molecule has 1 amide bonds. The zero-order valence-electron chi connectivity index (χ0n) is 10.8. The van der Waals surface area contributed by atoms with Crippen LogP contribution in [0.4, 0.5) is 0 Å². The molecule has 2 heterocycles. The third-order valence-electron chi connectivity index (χ3n) is 3.71. The van der Waals surface area contributed by atoms with Crippen LogP contribution in [0.3, 0.4) is 0 Å². The van der Waals surface area contributed by atoms with Gasteiger partial charge in [-0.3, -0.25) is 9.59 Å². The van der Waals surface area contributed by atoms with Crippen LogP contribution < -0.4 is 0 Å². The van der Waals surface area contributed by atoms with Gasteiger partial charge in [-0.2, -0.15) is 4.31 Å². The van der Waals surface area contributed by atoms with Gasteiger partial charge in [0.25, 0.3) is 0 Å². The van der Waals surface area contributed by atoms with E-state index in [9.17, 15) is 18.0 Å². The molecule has 0 spiro atoms. The number of hydrogen-bond donors (Lipinski definition) is 1. The fourth-order valence-electron chi connectivity index (χ4n) is 2.57. The van der Waals surface area contributed by atoms with Crippen LogP contribution in [0.25, 0.3) is 0 Å². The molecule has 19 heavy (non-hydrogen) atoms. The number of carbonyl (C=O) groups is 2. The van der Waals surface area contributed by atoms with E-state index in [0.717, 1.165) is 19.1 Å². The van der Waals surface area contributed by atoms with Gasteiger partial charge in [0.2, 0.25) is 15.9 Å². The summed E-state index contributed by atoms with van der Waals surface area (Å²) in [5, 5.41) is 8.78. The standard InChI is InChI=1S/C11H18N2O5S/c1-19(17,18)13-5-3-2-4-9(13)10(14)12-6-8(7-12)11(15)16/h8-9H,2-7H2,1H3,(H,15,16). The van der Waals surface area contributed by atoms with Gasteiger partial charge in [-0.05, 0) is 12.8 Å². The summed E-state index contributed by atoms with van der Waals surface area (Å²) < 4.78 is 24.6. The normalized spacial score (nSPS) is 25.9. The van der Waals surface area contributed by atoms with Crippen molar-refractivity contribution in [3.8, 4) is 0 Å². The van der Waals surface area contributed by atoms with Crippen molar-refractivity contribution in [1.29, 1.82) is 0 Å². The average Bonchev–Trinajstić information content (AvgIpc) is 2.25.